The second-order valence-corrected chi connectivity index (χ2v) is 8.45. The number of rotatable bonds is 6. The number of hydrogen-bond donors (Lipinski definition) is 1. The topological polar surface area (TPSA) is 62.6 Å². The van der Waals surface area contributed by atoms with Crippen LogP contribution in [0.3, 0.4) is 0 Å². The van der Waals surface area contributed by atoms with Crippen LogP contribution in [0.5, 0.6) is 0 Å². The Labute approximate surface area is 159 Å². The van der Waals surface area contributed by atoms with Gasteiger partial charge >= 0.3 is 0 Å². The van der Waals surface area contributed by atoms with E-state index in [-0.39, 0.29) is 17.5 Å². The van der Waals surface area contributed by atoms with Crippen molar-refractivity contribution in [2.24, 2.45) is 0 Å². The molecule has 5 nitrogen and oxygen atoms in total. The fourth-order valence-electron chi connectivity index (χ4n) is 3.55. The van der Waals surface area contributed by atoms with Gasteiger partial charge < -0.3 is 4.42 Å². The summed E-state index contributed by atoms with van der Waals surface area (Å²) in [6.45, 7) is 1.89. The first-order chi connectivity index (χ1) is 13.1. The molecule has 0 saturated carbocycles. The average molecular weight is 382 g/mol. The van der Waals surface area contributed by atoms with Crippen molar-refractivity contribution >= 4 is 10.0 Å². The van der Waals surface area contributed by atoms with Crippen molar-refractivity contribution in [3.05, 3.63) is 89.9 Å². The van der Waals surface area contributed by atoms with E-state index < -0.39 is 10.0 Å². The molecule has 2 heterocycles. The second kappa shape index (κ2) is 7.68. The van der Waals surface area contributed by atoms with Gasteiger partial charge in [0.15, 0.2) is 0 Å². The highest BCUT2D eigenvalue weighted by Gasteiger charge is 2.28. The summed E-state index contributed by atoms with van der Waals surface area (Å²) < 4.78 is 33.6. The fraction of sp³-hybridized carbons (Fsp3) is 0.238. The predicted molar refractivity (Wildman–Crippen MR) is 104 cm³/mol. The van der Waals surface area contributed by atoms with Crippen LogP contribution < -0.4 is 4.72 Å². The van der Waals surface area contributed by atoms with Gasteiger partial charge in [-0.2, -0.15) is 0 Å². The zero-order valence-electron chi connectivity index (χ0n) is 14.9. The number of hydrogen-bond acceptors (Lipinski definition) is 4. The van der Waals surface area contributed by atoms with Gasteiger partial charge in [0.05, 0.1) is 17.2 Å². The molecule has 0 radical (unpaired) electrons. The van der Waals surface area contributed by atoms with Crippen LogP contribution in [-0.4, -0.2) is 26.4 Å². The van der Waals surface area contributed by atoms with Crippen molar-refractivity contribution in [2.45, 2.75) is 23.9 Å². The van der Waals surface area contributed by atoms with Crippen LogP contribution in [-0.2, 0) is 23.0 Å². The Morgan fingerprint density at radius 3 is 2.44 bits per heavy atom. The van der Waals surface area contributed by atoms with Gasteiger partial charge in [0, 0.05) is 19.6 Å². The van der Waals surface area contributed by atoms with Gasteiger partial charge in [0.1, 0.15) is 5.76 Å². The monoisotopic (exact) mass is 382 g/mol. The van der Waals surface area contributed by atoms with Crippen molar-refractivity contribution in [3.8, 4) is 0 Å². The fourth-order valence-corrected chi connectivity index (χ4v) is 4.61. The van der Waals surface area contributed by atoms with Crippen LogP contribution in [0.2, 0.25) is 0 Å². The number of furan rings is 1. The van der Waals surface area contributed by atoms with E-state index in [0.29, 0.717) is 0 Å². The molecule has 0 aliphatic carbocycles. The molecule has 0 fully saturated rings. The van der Waals surface area contributed by atoms with Crippen molar-refractivity contribution in [1.82, 2.24) is 9.62 Å². The lowest BCUT2D eigenvalue weighted by Crippen LogP contribution is -2.40. The summed E-state index contributed by atoms with van der Waals surface area (Å²) in [6, 6.07) is 20.4. The first kappa shape index (κ1) is 18.0. The summed E-state index contributed by atoms with van der Waals surface area (Å²) in [6.07, 6.45) is 2.57. The molecular weight excluding hydrogens is 360 g/mol. The highest BCUT2D eigenvalue weighted by atomic mass is 32.2. The molecule has 1 aromatic heterocycles. The van der Waals surface area contributed by atoms with Gasteiger partial charge in [0.25, 0.3) is 0 Å². The van der Waals surface area contributed by atoms with E-state index in [9.17, 15) is 8.42 Å². The Kier molecular flexibility index (Phi) is 5.11. The van der Waals surface area contributed by atoms with Crippen LogP contribution in [0.4, 0.5) is 0 Å². The first-order valence-corrected chi connectivity index (χ1v) is 10.5. The predicted octanol–water partition coefficient (Wildman–Crippen LogP) is 3.36. The average Bonchev–Trinajstić information content (AvgIpc) is 3.23. The summed E-state index contributed by atoms with van der Waals surface area (Å²) in [5.74, 6) is 0.769. The molecule has 2 aromatic carbocycles. The minimum Gasteiger partial charge on any atom is -0.468 e. The molecule has 4 rings (SSSR count). The van der Waals surface area contributed by atoms with E-state index in [1.807, 2.05) is 18.2 Å². The second-order valence-electron chi connectivity index (χ2n) is 6.69. The van der Waals surface area contributed by atoms with Crippen LogP contribution in [0, 0.1) is 0 Å². The van der Waals surface area contributed by atoms with Gasteiger partial charge in [-0.25, -0.2) is 13.1 Å². The smallest absolute Gasteiger partial charge is 0.240 e. The quantitative estimate of drug-likeness (QED) is 0.710. The molecule has 1 aliphatic rings. The van der Waals surface area contributed by atoms with Gasteiger partial charge in [-0.3, -0.25) is 4.90 Å². The third-order valence-corrected chi connectivity index (χ3v) is 6.43. The van der Waals surface area contributed by atoms with E-state index in [0.717, 1.165) is 25.3 Å². The van der Waals surface area contributed by atoms with E-state index >= 15 is 0 Å². The van der Waals surface area contributed by atoms with E-state index in [1.54, 1.807) is 36.6 Å². The minimum atomic E-state index is -3.56. The molecule has 0 saturated heterocycles. The van der Waals surface area contributed by atoms with E-state index in [1.165, 1.54) is 11.1 Å². The van der Waals surface area contributed by atoms with Gasteiger partial charge in [-0.05, 0) is 41.8 Å². The standard InChI is InChI=1S/C21H22N2O3S/c24-27(25,19-9-2-1-3-10-19)22-15-20(21-11-6-14-26-21)23-13-12-17-7-4-5-8-18(17)16-23/h1-11,14,20,22H,12-13,15-16H2/t20-/m1/s1. The molecular formula is C21H22N2O3S. The number of fused-ring (bicyclic) bond motifs is 1. The highest BCUT2D eigenvalue weighted by Crippen LogP contribution is 2.28. The Morgan fingerprint density at radius 1 is 0.963 bits per heavy atom. The first-order valence-electron chi connectivity index (χ1n) is 9.02. The lowest BCUT2D eigenvalue weighted by atomic mass is 9.98. The molecule has 1 N–H and O–H groups in total. The third-order valence-electron chi connectivity index (χ3n) is 4.99. The summed E-state index contributed by atoms with van der Waals surface area (Å²) in [5.41, 5.74) is 2.64. The van der Waals surface area contributed by atoms with Gasteiger partial charge in [0.2, 0.25) is 10.0 Å². The van der Waals surface area contributed by atoms with Crippen molar-refractivity contribution in [1.29, 1.82) is 0 Å². The van der Waals surface area contributed by atoms with Crippen LogP contribution in [0.15, 0.2) is 82.3 Å². The minimum absolute atomic E-state index is 0.160. The highest BCUT2D eigenvalue weighted by molar-refractivity contribution is 7.89. The maximum absolute atomic E-state index is 12.6. The number of benzene rings is 2. The molecule has 3 aromatic rings. The Morgan fingerprint density at radius 2 is 1.70 bits per heavy atom. The zero-order valence-corrected chi connectivity index (χ0v) is 15.7. The van der Waals surface area contributed by atoms with Gasteiger partial charge in [-0.15, -0.1) is 0 Å². The summed E-state index contributed by atoms with van der Waals surface area (Å²) in [7, 11) is -3.56. The lowest BCUT2D eigenvalue weighted by molar-refractivity contribution is 0.160. The molecule has 0 amide bonds. The molecule has 27 heavy (non-hydrogen) atoms. The SMILES string of the molecule is O=S(=O)(NC[C@H](c1ccco1)N1CCc2ccccc2C1)c1ccccc1. The third kappa shape index (κ3) is 3.98. The van der Waals surface area contributed by atoms with Crippen LogP contribution >= 0.6 is 0 Å². The summed E-state index contributed by atoms with van der Waals surface area (Å²) in [5, 5.41) is 0. The molecule has 6 heteroatoms. The molecule has 0 spiro atoms. The number of sulfonamides is 1. The van der Waals surface area contributed by atoms with Crippen LogP contribution in [0.1, 0.15) is 22.9 Å². The maximum atomic E-state index is 12.6. The Hall–Kier alpha value is -2.41. The normalized spacial score (nSPS) is 16.0. The molecule has 140 valence electrons. The van der Waals surface area contributed by atoms with Crippen molar-refractivity contribution < 1.29 is 12.8 Å². The van der Waals surface area contributed by atoms with Crippen molar-refractivity contribution in [2.75, 3.05) is 13.1 Å². The zero-order chi connectivity index (χ0) is 18.7. The van der Waals surface area contributed by atoms with E-state index in [4.69, 9.17) is 4.42 Å². The maximum Gasteiger partial charge on any atom is 0.240 e. The lowest BCUT2D eigenvalue weighted by Gasteiger charge is -2.34. The molecule has 1 aliphatic heterocycles. The largest absolute Gasteiger partial charge is 0.468 e. The molecule has 0 unspecified atom stereocenters. The Balaban J connectivity index is 1.55. The number of nitrogens with one attached hydrogen (secondary N) is 1. The summed E-state index contributed by atoms with van der Waals surface area (Å²) >= 11 is 0. The number of nitrogens with zero attached hydrogens (tertiary/aromatic N) is 1. The molecule has 1 atom stereocenters. The van der Waals surface area contributed by atoms with Crippen LogP contribution in [0.25, 0.3) is 0 Å². The summed E-state index contributed by atoms with van der Waals surface area (Å²) in [4.78, 5) is 2.54. The molecule has 0 bridgehead atoms. The van der Waals surface area contributed by atoms with Gasteiger partial charge in [-0.1, -0.05) is 42.5 Å². The Bertz CT molecular complexity index is 985. The van der Waals surface area contributed by atoms with Crippen molar-refractivity contribution in [3.63, 3.8) is 0 Å². The van der Waals surface area contributed by atoms with E-state index in [2.05, 4.69) is 27.8 Å².